The first kappa shape index (κ1) is 19.7. The number of ether oxygens (including phenoxy) is 1. The molecule has 3 rings (SSSR count). The lowest BCUT2D eigenvalue weighted by Crippen LogP contribution is -2.57. The summed E-state index contributed by atoms with van der Waals surface area (Å²) in [5.74, 6) is 0.0267. The van der Waals surface area contributed by atoms with Crippen molar-refractivity contribution in [3.63, 3.8) is 0 Å². The summed E-state index contributed by atoms with van der Waals surface area (Å²) in [5.41, 5.74) is 2.92. The van der Waals surface area contributed by atoms with Gasteiger partial charge in [0.1, 0.15) is 6.04 Å². The Labute approximate surface area is 162 Å². The van der Waals surface area contributed by atoms with Crippen molar-refractivity contribution in [1.82, 2.24) is 9.80 Å². The van der Waals surface area contributed by atoms with Crippen LogP contribution in [0.5, 0.6) is 0 Å². The van der Waals surface area contributed by atoms with Gasteiger partial charge in [-0.2, -0.15) is 0 Å². The van der Waals surface area contributed by atoms with Crippen LogP contribution in [0.15, 0.2) is 18.2 Å². The van der Waals surface area contributed by atoms with E-state index in [0.29, 0.717) is 18.7 Å². The molecule has 0 aromatic heterocycles. The standard InChI is InChI=1S/C21H31N3O3/c1-4-5-6-19-21(26)22(3)9-10-24(19)20(25)17-7-8-18(16(2)15-17)23-11-13-27-14-12-23/h7-8,15,19H,4-6,9-14H2,1-3H3. The summed E-state index contributed by atoms with van der Waals surface area (Å²) in [5, 5.41) is 0. The van der Waals surface area contributed by atoms with E-state index in [2.05, 4.69) is 11.8 Å². The van der Waals surface area contributed by atoms with E-state index >= 15 is 0 Å². The number of piperazine rings is 1. The lowest BCUT2D eigenvalue weighted by Gasteiger charge is -2.39. The van der Waals surface area contributed by atoms with Crippen LogP contribution in [0, 0.1) is 6.92 Å². The van der Waals surface area contributed by atoms with Crippen molar-refractivity contribution in [2.75, 3.05) is 51.3 Å². The van der Waals surface area contributed by atoms with Crippen LogP contribution in [0.1, 0.15) is 42.1 Å². The molecule has 0 spiro atoms. The van der Waals surface area contributed by atoms with Crippen LogP contribution in [0.2, 0.25) is 0 Å². The van der Waals surface area contributed by atoms with Crippen molar-refractivity contribution in [3.05, 3.63) is 29.3 Å². The molecule has 2 aliphatic rings. The summed E-state index contributed by atoms with van der Waals surface area (Å²) in [4.78, 5) is 31.6. The third kappa shape index (κ3) is 4.26. The fraction of sp³-hybridized carbons (Fsp3) is 0.619. The zero-order valence-electron chi connectivity index (χ0n) is 16.7. The van der Waals surface area contributed by atoms with E-state index in [9.17, 15) is 9.59 Å². The number of likely N-dealkylation sites (N-methyl/N-ethyl adjacent to an activating group) is 1. The Morgan fingerprint density at radius 3 is 2.59 bits per heavy atom. The lowest BCUT2D eigenvalue weighted by atomic mass is 10.0. The molecule has 0 aliphatic carbocycles. The molecule has 2 aliphatic heterocycles. The Morgan fingerprint density at radius 1 is 1.19 bits per heavy atom. The maximum Gasteiger partial charge on any atom is 0.254 e. The van der Waals surface area contributed by atoms with Gasteiger partial charge in [-0.1, -0.05) is 19.8 Å². The molecule has 2 saturated heterocycles. The average Bonchev–Trinajstić information content (AvgIpc) is 2.69. The molecule has 27 heavy (non-hydrogen) atoms. The van der Waals surface area contributed by atoms with E-state index in [4.69, 9.17) is 4.74 Å². The van der Waals surface area contributed by atoms with Gasteiger partial charge in [-0.05, 0) is 37.1 Å². The number of unbranched alkanes of at least 4 members (excludes halogenated alkanes) is 1. The fourth-order valence-corrected chi connectivity index (χ4v) is 3.94. The molecule has 6 nitrogen and oxygen atoms in total. The third-order valence-electron chi connectivity index (χ3n) is 5.60. The first-order valence-electron chi connectivity index (χ1n) is 10.0. The number of anilines is 1. The minimum absolute atomic E-state index is 0.0332. The summed E-state index contributed by atoms with van der Waals surface area (Å²) in [7, 11) is 1.82. The summed E-state index contributed by atoms with van der Waals surface area (Å²) in [6, 6.07) is 5.56. The number of hydrogen-bond donors (Lipinski definition) is 0. The molecule has 1 aromatic rings. The zero-order valence-corrected chi connectivity index (χ0v) is 16.7. The largest absolute Gasteiger partial charge is 0.378 e. The van der Waals surface area contributed by atoms with E-state index in [1.807, 2.05) is 32.2 Å². The van der Waals surface area contributed by atoms with Crippen molar-refractivity contribution in [1.29, 1.82) is 0 Å². The van der Waals surface area contributed by atoms with Gasteiger partial charge in [0.15, 0.2) is 0 Å². The number of amides is 2. The van der Waals surface area contributed by atoms with Gasteiger partial charge in [0.25, 0.3) is 5.91 Å². The van der Waals surface area contributed by atoms with Crippen LogP contribution in [0.25, 0.3) is 0 Å². The molecular weight excluding hydrogens is 342 g/mol. The van der Waals surface area contributed by atoms with Crippen molar-refractivity contribution in [2.24, 2.45) is 0 Å². The quantitative estimate of drug-likeness (QED) is 0.795. The van der Waals surface area contributed by atoms with Crippen LogP contribution in [0.3, 0.4) is 0 Å². The molecule has 0 N–H and O–H groups in total. The molecule has 6 heteroatoms. The molecule has 0 bridgehead atoms. The van der Waals surface area contributed by atoms with Gasteiger partial charge in [-0.3, -0.25) is 9.59 Å². The van der Waals surface area contributed by atoms with Gasteiger partial charge in [0.2, 0.25) is 5.91 Å². The van der Waals surface area contributed by atoms with Crippen LogP contribution in [0.4, 0.5) is 5.69 Å². The Kier molecular flexibility index (Phi) is 6.37. The minimum Gasteiger partial charge on any atom is -0.378 e. The molecule has 2 fully saturated rings. The number of morpholine rings is 1. The maximum absolute atomic E-state index is 13.2. The first-order chi connectivity index (χ1) is 13.0. The second-order valence-corrected chi connectivity index (χ2v) is 7.52. The second-order valence-electron chi connectivity index (χ2n) is 7.52. The fourth-order valence-electron chi connectivity index (χ4n) is 3.94. The maximum atomic E-state index is 13.2. The van der Waals surface area contributed by atoms with Gasteiger partial charge in [0.05, 0.1) is 13.2 Å². The second kappa shape index (κ2) is 8.74. The number of aryl methyl sites for hydroxylation is 1. The van der Waals surface area contributed by atoms with E-state index < -0.39 is 0 Å². The van der Waals surface area contributed by atoms with Gasteiger partial charge >= 0.3 is 0 Å². The van der Waals surface area contributed by atoms with Crippen molar-refractivity contribution < 1.29 is 14.3 Å². The lowest BCUT2D eigenvalue weighted by molar-refractivity contribution is -0.138. The molecule has 148 valence electrons. The molecule has 2 heterocycles. The minimum atomic E-state index is -0.338. The topological polar surface area (TPSA) is 53.1 Å². The highest BCUT2D eigenvalue weighted by molar-refractivity contribution is 5.98. The van der Waals surface area contributed by atoms with Crippen LogP contribution < -0.4 is 4.90 Å². The van der Waals surface area contributed by atoms with Gasteiger partial charge in [-0.25, -0.2) is 0 Å². The van der Waals surface area contributed by atoms with Crippen molar-refractivity contribution in [2.45, 2.75) is 39.2 Å². The Balaban J connectivity index is 1.79. The number of carbonyl (C=O) groups excluding carboxylic acids is 2. The number of benzene rings is 1. The van der Waals surface area contributed by atoms with E-state index in [1.54, 1.807) is 9.80 Å². The summed E-state index contributed by atoms with van der Waals surface area (Å²) in [6.45, 7) is 8.57. The summed E-state index contributed by atoms with van der Waals surface area (Å²) in [6.07, 6.45) is 2.70. The molecule has 1 aromatic carbocycles. The molecular formula is C21H31N3O3. The van der Waals surface area contributed by atoms with Crippen molar-refractivity contribution in [3.8, 4) is 0 Å². The Morgan fingerprint density at radius 2 is 1.93 bits per heavy atom. The number of rotatable bonds is 5. The molecule has 2 amide bonds. The van der Waals surface area contributed by atoms with Crippen LogP contribution >= 0.6 is 0 Å². The molecule has 1 atom stereocenters. The normalized spacial score (nSPS) is 20.9. The van der Waals surface area contributed by atoms with E-state index in [1.165, 1.54) is 0 Å². The Bertz CT molecular complexity index is 685. The van der Waals surface area contributed by atoms with Gasteiger partial charge in [-0.15, -0.1) is 0 Å². The number of nitrogens with zero attached hydrogens (tertiary/aromatic N) is 3. The number of hydrogen-bond acceptors (Lipinski definition) is 4. The van der Waals surface area contributed by atoms with Gasteiger partial charge < -0.3 is 19.4 Å². The Hall–Kier alpha value is -2.08. The smallest absolute Gasteiger partial charge is 0.254 e. The predicted molar refractivity (Wildman–Crippen MR) is 106 cm³/mol. The molecule has 1 unspecified atom stereocenters. The average molecular weight is 373 g/mol. The summed E-state index contributed by atoms with van der Waals surface area (Å²) >= 11 is 0. The highest BCUT2D eigenvalue weighted by atomic mass is 16.5. The van der Waals surface area contributed by atoms with Crippen molar-refractivity contribution >= 4 is 17.5 Å². The van der Waals surface area contributed by atoms with Crippen LogP contribution in [-0.4, -0.2) is 74.1 Å². The summed E-state index contributed by atoms with van der Waals surface area (Å²) < 4.78 is 5.43. The predicted octanol–water partition coefficient (Wildman–Crippen LogP) is 2.30. The third-order valence-corrected chi connectivity index (χ3v) is 5.60. The highest BCUT2D eigenvalue weighted by Crippen LogP contribution is 2.25. The molecule has 0 radical (unpaired) electrons. The van der Waals surface area contributed by atoms with E-state index in [-0.39, 0.29) is 17.9 Å². The van der Waals surface area contributed by atoms with Gasteiger partial charge in [0, 0.05) is 44.5 Å². The van der Waals surface area contributed by atoms with Crippen LogP contribution in [-0.2, 0) is 9.53 Å². The number of carbonyl (C=O) groups is 2. The molecule has 0 saturated carbocycles. The van der Waals surface area contributed by atoms with E-state index in [0.717, 1.165) is 56.8 Å². The SMILES string of the molecule is CCCCC1C(=O)N(C)CCN1C(=O)c1ccc(N2CCOCC2)c(C)c1. The highest BCUT2D eigenvalue weighted by Gasteiger charge is 2.35. The monoisotopic (exact) mass is 373 g/mol. The first-order valence-corrected chi connectivity index (χ1v) is 10.0. The zero-order chi connectivity index (χ0) is 19.4.